The number of aliphatic hydroxyl groups excluding tert-OH is 1. The Labute approximate surface area is 103 Å². The van der Waals surface area contributed by atoms with Gasteiger partial charge in [-0.25, -0.2) is 0 Å². The van der Waals surface area contributed by atoms with Crippen molar-refractivity contribution in [1.29, 1.82) is 0 Å². The molecule has 0 amide bonds. The summed E-state index contributed by atoms with van der Waals surface area (Å²) in [6.07, 6.45) is 0.638. The van der Waals surface area contributed by atoms with Gasteiger partial charge in [0, 0.05) is 28.9 Å². The van der Waals surface area contributed by atoms with Gasteiger partial charge in [-0.3, -0.25) is 16.0 Å². The number of nitro benzene ring substituents is 1. The number of hydrazine groups is 1. The fraction of sp³-hybridized carbons (Fsp3) is 0.400. The summed E-state index contributed by atoms with van der Waals surface area (Å²) in [6, 6.07) is 4.62. The maximum absolute atomic E-state index is 10.7. The molecule has 1 unspecified atom stereocenters. The van der Waals surface area contributed by atoms with Crippen molar-refractivity contribution in [2.24, 2.45) is 5.84 Å². The maximum Gasteiger partial charge on any atom is 0.272 e. The summed E-state index contributed by atoms with van der Waals surface area (Å²) in [6.45, 7) is 2.06. The molecule has 0 saturated heterocycles. The Morgan fingerprint density at radius 2 is 2.29 bits per heavy atom. The minimum atomic E-state index is -0.457. The second kappa shape index (κ2) is 6.43. The van der Waals surface area contributed by atoms with Gasteiger partial charge in [0.15, 0.2) is 0 Å². The van der Waals surface area contributed by atoms with E-state index in [-0.39, 0.29) is 17.5 Å². The Morgan fingerprint density at radius 3 is 2.82 bits per heavy atom. The number of nitrogens with zero attached hydrogens (tertiary/aromatic N) is 1. The number of anilines is 1. The average Bonchev–Trinajstić information content (AvgIpc) is 2.28. The number of rotatable bonds is 6. The minimum absolute atomic E-state index is 0.000788. The van der Waals surface area contributed by atoms with E-state index in [0.717, 1.165) is 4.90 Å². The number of nitrogens with one attached hydrogen (secondary N) is 1. The molecule has 1 rings (SSSR count). The van der Waals surface area contributed by atoms with Gasteiger partial charge in [0.1, 0.15) is 0 Å². The number of benzene rings is 1. The Balaban J connectivity index is 2.90. The number of hydrogen-bond donors (Lipinski definition) is 3. The fourth-order valence-electron chi connectivity index (χ4n) is 1.31. The van der Waals surface area contributed by atoms with Gasteiger partial charge < -0.3 is 10.5 Å². The molecule has 6 nitrogen and oxygen atoms in total. The lowest BCUT2D eigenvalue weighted by molar-refractivity contribution is -0.385. The van der Waals surface area contributed by atoms with Gasteiger partial charge in [-0.2, -0.15) is 0 Å². The molecular formula is C10H15N3O3S. The van der Waals surface area contributed by atoms with Crippen LogP contribution >= 0.6 is 11.8 Å². The van der Waals surface area contributed by atoms with E-state index in [9.17, 15) is 10.1 Å². The molecule has 0 spiro atoms. The van der Waals surface area contributed by atoms with E-state index in [2.05, 4.69) is 5.43 Å². The van der Waals surface area contributed by atoms with Crippen molar-refractivity contribution in [3.8, 4) is 0 Å². The van der Waals surface area contributed by atoms with Gasteiger partial charge in [-0.1, -0.05) is 6.92 Å². The number of nitro groups is 1. The van der Waals surface area contributed by atoms with E-state index in [4.69, 9.17) is 10.9 Å². The molecule has 0 aliphatic rings. The summed E-state index contributed by atoms with van der Waals surface area (Å²) in [5, 5.41) is 19.7. The molecule has 4 N–H and O–H groups in total. The standard InChI is InChI=1S/C10H15N3O3S/c1-7(2-3-14)17-10-5-8(12-11)4-9(6-10)13(15)16/h4-7,12,14H,2-3,11H2,1H3. The normalized spacial score (nSPS) is 12.2. The largest absolute Gasteiger partial charge is 0.396 e. The molecule has 0 aliphatic carbocycles. The number of hydrogen-bond acceptors (Lipinski definition) is 6. The van der Waals surface area contributed by atoms with Crippen LogP contribution in [-0.2, 0) is 0 Å². The topological polar surface area (TPSA) is 101 Å². The van der Waals surface area contributed by atoms with E-state index in [1.807, 2.05) is 6.92 Å². The molecule has 1 atom stereocenters. The van der Waals surface area contributed by atoms with Crippen molar-refractivity contribution in [3.63, 3.8) is 0 Å². The Morgan fingerprint density at radius 1 is 1.59 bits per heavy atom. The Hall–Kier alpha value is -1.31. The first-order valence-corrected chi connectivity index (χ1v) is 5.98. The predicted octanol–water partition coefficient (Wildman–Crippen LogP) is 1.74. The first-order chi connectivity index (χ1) is 8.06. The van der Waals surface area contributed by atoms with Crippen LogP contribution in [0.3, 0.4) is 0 Å². The van der Waals surface area contributed by atoms with Gasteiger partial charge in [-0.15, -0.1) is 11.8 Å². The molecule has 0 heterocycles. The summed E-state index contributed by atoms with van der Waals surface area (Å²) >= 11 is 1.47. The molecule has 17 heavy (non-hydrogen) atoms. The third kappa shape index (κ3) is 4.22. The number of nitrogen functional groups attached to an aromatic ring is 1. The van der Waals surface area contributed by atoms with Crippen LogP contribution in [0.25, 0.3) is 0 Å². The molecule has 0 fully saturated rings. The van der Waals surface area contributed by atoms with Crippen molar-refractivity contribution in [2.75, 3.05) is 12.0 Å². The fourth-order valence-corrected chi connectivity index (χ4v) is 2.38. The van der Waals surface area contributed by atoms with E-state index in [0.29, 0.717) is 12.1 Å². The lowest BCUT2D eigenvalue weighted by atomic mass is 10.3. The van der Waals surface area contributed by atoms with Crippen LogP contribution in [0.5, 0.6) is 0 Å². The van der Waals surface area contributed by atoms with Gasteiger partial charge in [0.25, 0.3) is 5.69 Å². The number of nitrogens with two attached hydrogens (primary N) is 1. The van der Waals surface area contributed by atoms with Crippen LogP contribution in [0.2, 0.25) is 0 Å². The minimum Gasteiger partial charge on any atom is -0.396 e. The van der Waals surface area contributed by atoms with Crippen LogP contribution in [0, 0.1) is 10.1 Å². The molecule has 0 radical (unpaired) electrons. The van der Waals surface area contributed by atoms with Crippen LogP contribution in [-0.4, -0.2) is 21.9 Å². The second-order valence-electron chi connectivity index (χ2n) is 3.56. The summed E-state index contributed by atoms with van der Waals surface area (Å²) in [5.41, 5.74) is 2.90. The monoisotopic (exact) mass is 257 g/mol. The van der Waals surface area contributed by atoms with E-state index in [1.165, 1.54) is 23.9 Å². The predicted molar refractivity (Wildman–Crippen MR) is 67.9 cm³/mol. The van der Waals surface area contributed by atoms with Crippen LogP contribution < -0.4 is 11.3 Å². The SMILES string of the molecule is CC(CCO)Sc1cc(NN)cc([N+](=O)[O-])c1. The van der Waals surface area contributed by atoms with Crippen molar-refractivity contribution in [1.82, 2.24) is 0 Å². The van der Waals surface area contributed by atoms with Crippen molar-refractivity contribution in [3.05, 3.63) is 28.3 Å². The van der Waals surface area contributed by atoms with Crippen LogP contribution in [0.4, 0.5) is 11.4 Å². The Kier molecular flexibility index (Phi) is 5.20. The van der Waals surface area contributed by atoms with Crippen LogP contribution in [0.1, 0.15) is 13.3 Å². The maximum atomic E-state index is 10.7. The number of non-ortho nitro benzene ring substituents is 1. The van der Waals surface area contributed by atoms with E-state index in [1.54, 1.807) is 6.07 Å². The Bertz CT molecular complexity index is 400. The highest BCUT2D eigenvalue weighted by Crippen LogP contribution is 2.31. The summed E-state index contributed by atoms with van der Waals surface area (Å²) < 4.78 is 0. The number of thioether (sulfide) groups is 1. The van der Waals surface area contributed by atoms with E-state index >= 15 is 0 Å². The van der Waals surface area contributed by atoms with Gasteiger partial charge in [0.2, 0.25) is 0 Å². The van der Waals surface area contributed by atoms with E-state index < -0.39 is 4.92 Å². The second-order valence-corrected chi connectivity index (χ2v) is 5.07. The smallest absolute Gasteiger partial charge is 0.272 e. The zero-order chi connectivity index (χ0) is 12.8. The molecule has 0 aliphatic heterocycles. The zero-order valence-electron chi connectivity index (χ0n) is 9.42. The van der Waals surface area contributed by atoms with Gasteiger partial charge in [0.05, 0.1) is 10.6 Å². The summed E-state index contributed by atoms with van der Waals surface area (Å²) in [4.78, 5) is 11.0. The summed E-state index contributed by atoms with van der Waals surface area (Å²) in [7, 11) is 0. The first kappa shape index (κ1) is 13.8. The quantitative estimate of drug-likeness (QED) is 0.310. The van der Waals surface area contributed by atoms with Gasteiger partial charge >= 0.3 is 0 Å². The molecule has 7 heteroatoms. The van der Waals surface area contributed by atoms with Crippen molar-refractivity contribution >= 4 is 23.1 Å². The van der Waals surface area contributed by atoms with Crippen molar-refractivity contribution < 1.29 is 10.0 Å². The third-order valence-electron chi connectivity index (χ3n) is 2.14. The molecular weight excluding hydrogens is 242 g/mol. The third-order valence-corrected chi connectivity index (χ3v) is 3.29. The molecule has 0 saturated carbocycles. The highest BCUT2D eigenvalue weighted by Gasteiger charge is 2.12. The number of aliphatic hydroxyl groups is 1. The lowest BCUT2D eigenvalue weighted by Crippen LogP contribution is -2.07. The lowest BCUT2D eigenvalue weighted by Gasteiger charge is -2.10. The molecule has 94 valence electrons. The molecule has 1 aromatic carbocycles. The zero-order valence-corrected chi connectivity index (χ0v) is 10.2. The highest BCUT2D eigenvalue weighted by atomic mass is 32.2. The van der Waals surface area contributed by atoms with Crippen molar-refractivity contribution in [2.45, 2.75) is 23.5 Å². The van der Waals surface area contributed by atoms with Gasteiger partial charge in [-0.05, 0) is 12.5 Å². The first-order valence-electron chi connectivity index (χ1n) is 5.10. The molecule has 1 aromatic rings. The molecule has 0 bridgehead atoms. The highest BCUT2D eigenvalue weighted by molar-refractivity contribution is 8.00. The van der Waals surface area contributed by atoms with Crippen LogP contribution in [0.15, 0.2) is 23.1 Å². The molecule has 0 aromatic heterocycles. The average molecular weight is 257 g/mol. The summed E-state index contributed by atoms with van der Waals surface area (Å²) in [5.74, 6) is 5.26.